The number of aliphatic hydroxyl groups is 1. The molecule has 0 heterocycles. The fraction of sp³-hybridized carbons (Fsp3) is 0.385. The van der Waals surface area contributed by atoms with Gasteiger partial charge >= 0.3 is 0 Å². The van der Waals surface area contributed by atoms with Crippen molar-refractivity contribution >= 4 is 0 Å². The molecule has 0 spiro atoms. The number of rotatable bonds is 6. The lowest BCUT2D eigenvalue weighted by Crippen LogP contribution is -2.45. The van der Waals surface area contributed by atoms with Crippen LogP contribution in [-0.2, 0) is 6.54 Å². The van der Waals surface area contributed by atoms with Crippen LogP contribution in [0.1, 0.15) is 5.56 Å². The van der Waals surface area contributed by atoms with Crippen molar-refractivity contribution in [2.75, 3.05) is 26.7 Å². The minimum atomic E-state index is -0.186. The molecule has 0 aromatic heterocycles. The molecule has 0 unspecified atom stereocenters. The Morgan fingerprint density at radius 3 is 2.69 bits per heavy atom. The van der Waals surface area contributed by atoms with E-state index >= 15 is 0 Å². The van der Waals surface area contributed by atoms with Gasteiger partial charge in [-0.15, -0.1) is 0 Å². The van der Waals surface area contributed by atoms with Crippen molar-refractivity contribution in [3.05, 3.63) is 48.3 Å². The van der Waals surface area contributed by atoms with Crippen LogP contribution >= 0.6 is 0 Å². The van der Waals surface area contributed by atoms with Crippen LogP contribution in [0, 0.1) is 5.82 Å². The quantitative estimate of drug-likeness (QED) is 0.578. The highest BCUT2D eigenvalue weighted by Gasteiger charge is 2.21. The van der Waals surface area contributed by atoms with Gasteiger partial charge in [-0.3, -0.25) is 0 Å². The zero-order valence-electron chi connectivity index (χ0n) is 9.69. The predicted octanol–water partition coefficient (Wildman–Crippen LogP) is 1.95. The Labute approximate surface area is 96.2 Å². The molecule has 0 radical (unpaired) electrons. The highest BCUT2D eigenvalue weighted by molar-refractivity contribution is 5.16. The van der Waals surface area contributed by atoms with Gasteiger partial charge < -0.3 is 9.59 Å². The van der Waals surface area contributed by atoms with Crippen LogP contribution in [0.15, 0.2) is 36.9 Å². The summed E-state index contributed by atoms with van der Waals surface area (Å²) in [6.45, 7) is 5.68. The van der Waals surface area contributed by atoms with E-state index < -0.39 is 0 Å². The SMILES string of the molecule is C=CC[N@+](C)(CCO)Cc1ccccc1F. The summed E-state index contributed by atoms with van der Waals surface area (Å²) in [7, 11) is 1.99. The summed E-state index contributed by atoms with van der Waals surface area (Å²) in [5, 5.41) is 9.03. The number of likely N-dealkylation sites (N-methyl/N-ethyl adjacent to an activating group) is 1. The van der Waals surface area contributed by atoms with Gasteiger partial charge in [0.05, 0.1) is 20.2 Å². The van der Waals surface area contributed by atoms with Gasteiger partial charge in [0.15, 0.2) is 0 Å². The van der Waals surface area contributed by atoms with Crippen molar-refractivity contribution < 1.29 is 14.0 Å². The first-order valence-electron chi connectivity index (χ1n) is 5.40. The van der Waals surface area contributed by atoms with Crippen molar-refractivity contribution in [2.45, 2.75) is 6.54 Å². The summed E-state index contributed by atoms with van der Waals surface area (Å²) in [5.74, 6) is -0.186. The summed E-state index contributed by atoms with van der Waals surface area (Å²) in [4.78, 5) is 0. The summed E-state index contributed by atoms with van der Waals surface area (Å²) in [5.41, 5.74) is 0.681. The van der Waals surface area contributed by atoms with E-state index in [1.165, 1.54) is 6.07 Å². The molecule has 0 aliphatic carbocycles. The Balaban J connectivity index is 2.83. The highest BCUT2D eigenvalue weighted by atomic mass is 19.1. The Morgan fingerprint density at radius 2 is 2.12 bits per heavy atom. The third kappa shape index (κ3) is 3.43. The molecule has 1 rings (SSSR count). The van der Waals surface area contributed by atoms with E-state index in [0.717, 1.165) is 6.54 Å². The zero-order chi connectivity index (χ0) is 12.0. The minimum absolute atomic E-state index is 0.0960. The molecule has 0 bridgehead atoms. The number of hydrogen-bond donors (Lipinski definition) is 1. The fourth-order valence-electron chi connectivity index (χ4n) is 1.83. The van der Waals surface area contributed by atoms with E-state index in [0.29, 0.717) is 23.1 Å². The monoisotopic (exact) mass is 224 g/mol. The minimum Gasteiger partial charge on any atom is -0.391 e. The van der Waals surface area contributed by atoms with Crippen LogP contribution < -0.4 is 0 Å². The van der Waals surface area contributed by atoms with Crippen LogP contribution in [0.2, 0.25) is 0 Å². The average Bonchev–Trinajstić information content (AvgIpc) is 2.22. The van der Waals surface area contributed by atoms with E-state index in [1.54, 1.807) is 18.2 Å². The van der Waals surface area contributed by atoms with Crippen LogP contribution in [0.5, 0.6) is 0 Å². The lowest BCUT2D eigenvalue weighted by molar-refractivity contribution is -0.917. The Morgan fingerprint density at radius 1 is 1.44 bits per heavy atom. The van der Waals surface area contributed by atoms with Gasteiger partial charge in [0, 0.05) is 5.56 Å². The molecule has 0 aliphatic heterocycles. The summed E-state index contributed by atoms with van der Waals surface area (Å²) in [6, 6.07) is 6.76. The number of halogens is 1. The normalized spacial score (nSPS) is 14.4. The lowest BCUT2D eigenvalue weighted by atomic mass is 10.1. The molecule has 0 aliphatic rings. The summed E-state index contributed by atoms with van der Waals surface area (Å²) >= 11 is 0. The van der Waals surface area contributed by atoms with Gasteiger partial charge in [0.1, 0.15) is 18.9 Å². The molecule has 88 valence electrons. The average molecular weight is 224 g/mol. The first-order valence-corrected chi connectivity index (χ1v) is 5.40. The van der Waals surface area contributed by atoms with Crippen LogP contribution in [-0.4, -0.2) is 36.3 Å². The molecule has 0 fully saturated rings. The second kappa shape index (κ2) is 5.77. The van der Waals surface area contributed by atoms with Gasteiger partial charge in [-0.25, -0.2) is 4.39 Å². The van der Waals surface area contributed by atoms with E-state index in [2.05, 4.69) is 6.58 Å². The van der Waals surface area contributed by atoms with E-state index in [-0.39, 0.29) is 12.4 Å². The van der Waals surface area contributed by atoms with E-state index in [4.69, 9.17) is 5.11 Å². The molecule has 1 atom stereocenters. The molecule has 0 amide bonds. The second-order valence-corrected chi connectivity index (χ2v) is 4.29. The van der Waals surface area contributed by atoms with Crippen molar-refractivity contribution in [1.29, 1.82) is 0 Å². The Bertz CT molecular complexity index is 354. The smallest absolute Gasteiger partial charge is 0.132 e. The molecule has 1 N–H and O–H groups in total. The molecule has 16 heavy (non-hydrogen) atoms. The van der Waals surface area contributed by atoms with Gasteiger partial charge in [0.2, 0.25) is 0 Å². The number of nitrogens with zero attached hydrogens (tertiary/aromatic N) is 1. The molecule has 1 aromatic carbocycles. The third-order valence-corrected chi connectivity index (χ3v) is 2.72. The predicted molar refractivity (Wildman–Crippen MR) is 63.3 cm³/mol. The molecular weight excluding hydrogens is 205 g/mol. The molecular formula is C13H19FNO+. The van der Waals surface area contributed by atoms with Crippen molar-refractivity contribution in [3.8, 4) is 0 Å². The van der Waals surface area contributed by atoms with Crippen LogP contribution in [0.3, 0.4) is 0 Å². The largest absolute Gasteiger partial charge is 0.391 e. The van der Waals surface area contributed by atoms with Crippen molar-refractivity contribution in [1.82, 2.24) is 0 Å². The van der Waals surface area contributed by atoms with Crippen LogP contribution in [0.25, 0.3) is 0 Å². The number of aliphatic hydroxyl groups excluding tert-OH is 1. The van der Waals surface area contributed by atoms with Gasteiger partial charge in [-0.2, -0.15) is 0 Å². The van der Waals surface area contributed by atoms with Crippen molar-refractivity contribution in [2.24, 2.45) is 0 Å². The Hall–Kier alpha value is -1.19. The first-order chi connectivity index (χ1) is 7.61. The van der Waals surface area contributed by atoms with E-state index in [9.17, 15) is 4.39 Å². The lowest BCUT2D eigenvalue weighted by Gasteiger charge is -2.33. The van der Waals surface area contributed by atoms with Gasteiger partial charge in [-0.05, 0) is 12.1 Å². The Kier molecular flexibility index (Phi) is 4.65. The number of hydrogen-bond acceptors (Lipinski definition) is 1. The third-order valence-electron chi connectivity index (χ3n) is 2.72. The standard InChI is InChI=1S/C13H19FNO/c1-3-8-15(2,9-10-16)11-12-6-4-5-7-13(12)14/h3-7,16H,1,8-11H2,2H3/q+1/t15-/m1/s1. The molecule has 3 heteroatoms. The van der Waals surface area contributed by atoms with Gasteiger partial charge in [-0.1, -0.05) is 24.8 Å². The van der Waals surface area contributed by atoms with Gasteiger partial charge in [0.25, 0.3) is 0 Å². The number of benzene rings is 1. The topological polar surface area (TPSA) is 20.2 Å². The fourth-order valence-corrected chi connectivity index (χ4v) is 1.83. The van der Waals surface area contributed by atoms with Crippen molar-refractivity contribution in [3.63, 3.8) is 0 Å². The molecule has 2 nitrogen and oxygen atoms in total. The highest BCUT2D eigenvalue weighted by Crippen LogP contribution is 2.14. The maximum atomic E-state index is 13.5. The first kappa shape index (κ1) is 12.9. The number of quaternary nitrogens is 1. The van der Waals surface area contributed by atoms with E-state index in [1.807, 2.05) is 13.1 Å². The zero-order valence-corrected chi connectivity index (χ0v) is 9.69. The molecule has 0 saturated carbocycles. The summed E-state index contributed by atoms with van der Waals surface area (Å²) in [6.07, 6.45) is 1.80. The molecule has 1 aromatic rings. The maximum Gasteiger partial charge on any atom is 0.132 e. The maximum absolute atomic E-state index is 13.5. The second-order valence-electron chi connectivity index (χ2n) is 4.29. The summed E-state index contributed by atoms with van der Waals surface area (Å²) < 4.78 is 14.1. The molecule has 0 saturated heterocycles. The van der Waals surface area contributed by atoms with Crippen LogP contribution in [0.4, 0.5) is 4.39 Å².